The Labute approximate surface area is 228 Å². The molecular weight excluding hydrogens is 500 g/mol. The lowest BCUT2D eigenvalue weighted by molar-refractivity contribution is -0.133. The normalized spacial score (nSPS) is 25.1. The van der Waals surface area contributed by atoms with Gasteiger partial charge in [-0.05, 0) is 50.1 Å². The monoisotopic (exact) mass is 538 g/mol. The molecule has 4 rings (SSSR count). The number of amides is 4. The van der Waals surface area contributed by atoms with Crippen molar-refractivity contribution in [1.29, 1.82) is 0 Å². The maximum atomic E-state index is 13.5. The van der Waals surface area contributed by atoms with Crippen LogP contribution in [-0.2, 0) is 20.8 Å². The maximum Gasteiger partial charge on any atom is 0.273 e. The fraction of sp³-hybridized carbons (Fsp3) is 0.536. The Balaban J connectivity index is 1.58. The van der Waals surface area contributed by atoms with Crippen LogP contribution in [0.15, 0.2) is 41.0 Å². The molecule has 1 aromatic carbocycles. The first-order chi connectivity index (χ1) is 18.8. The first kappa shape index (κ1) is 28.3. The van der Waals surface area contributed by atoms with Gasteiger partial charge >= 0.3 is 0 Å². The summed E-state index contributed by atoms with van der Waals surface area (Å²) >= 11 is 0. The summed E-state index contributed by atoms with van der Waals surface area (Å²) in [4.78, 5) is 56.8. The highest BCUT2D eigenvalue weighted by Crippen LogP contribution is 2.20. The van der Waals surface area contributed by atoms with Crippen molar-refractivity contribution in [3.05, 3.63) is 53.7 Å². The van der Waals surface area contributed by atoms with Gasteiger partial charge in [-0.3, -0.25) is 19.2 Å². The third-order valence-electron chi connectivity index (χ3n) is 7.11. The van der Waals surface area contributed by atoms with Crippen LogP contribution in [0.25, 0.3) is 0 Å². The lowest BCUT2D eigenvalue weighted by Gasteiger charge is -2.27. The molecule has 5 N–H and O–H groups in total. The number of rotatable bonds is 5. The Morgan fingerprint density at radius 2 is 1.82 bits per heavy atom. The minimum atomic E-state index is -0.856. The van der Waals surface area contributed by atoms with Crippen LogP contribution in [0.1, 0.15) is 73.9 Å². The quantitative estimate of drug-likeness (QED) is 0.385. The van der Waals surface area contributed by atoms with Crippen LogP contribution in [0.5, 0.6) is 0 Å². The van der Waals surface area contributed by atoms with Gasteiger partial charge in [0.1, 0.15) is 24.4 Å². The molecule has 2 aromatic rings. The third kappa shape index (κ3) is 7.66. The van der Waals surface area contributed by atoms with E-state index in [1.807, 2.05) is 44.2 Å². The summed E-state index contributed by atoms with van der Waals surface area (Å²) in [6.07, 6.45) is 4.84. The van der Waals surface area contributed by atoms with Gasteiger partial charge in [0.05, 0.1) is 6.04 Å². The minimum absolute atomic E-state index is 0.132. The van der Waals surface area contributed by atoms with Crippen molar-refractivity contribution in [3.63, 3.8) is 0 Å². The number of benzene rings is 1. The molecule has 2 aliphatic rings. The number of nitrogens with zero attached hydrogens (tertiary/aromatic N) is 1. The van der Waals surface area contributed by atoms with Gasteiger partial charge in [0.2, 0.25) is 23.6 Å². The predicted molar refractivity (Wildman–Crippen MR) is 143 cm³/mol. The molecule has 0 radical (unpaired) electrons. The number of nitrogens with one attached hydrogen (secondary N) is 5. The van der Waals surface area contributed by atoms with E-state index in [2.05, 4.69) is 31.6 Å². The second-order valence-electron chi connectivity index (χ2n) is 10.5. The van der Waals surface area contributed by atoms with Crippen LogP contribution in [0, 0.1) is 5.92 Å². The van der Waals surface area contributed by atoms with Gasteiger partial charge in [-0.15, -0.1) is 0 Å². The average Bonchev–Trinajstić information content (AvgIpc) is 3.63. The van der Waals surface area contributed by atoms with E-state index in [0.717, 1.165) is 18.5 Å². The Kier molecular flexibility index (Phi) is 9.69. The average molecular weight is 539 g/mol. The van der Waals surface area contributed by atoms with Crippen molar-refractivity contribution in [2.24, 2.45) is 5.92 Å². The topological polar surface area (TPSA) is 154 Å². The molecule has 0 aliphatic carbocycles. The molecule has 2 aliphatic heterocycles. The van der Waals surface area contributed by atoms with Crippen molar-refractivity contribution >= 4 is 23.6 Å². The highest BCUT2D eigenvalue weighted by Gasteiger charge is 2.33. The van der Waals surface area contributed by atoms with Gasteiger partial charge in [-0.2, -0.15) is 0 Å². The molecule has 4 atom stereocenters. The Hall–Kier alpha value is -3.73. The Morgan fingerprint density at radius 3 is 2.54 bits per heavy atom. The van der Waals surface area contributed by atoms with Gasteiger partial charge in [0, 0.05) is 13.0 Å². The molecule has 3 heterocycles. The predicted octanol–water partition coefficient (Wildman–Crippen LogP) is 1.37. The second-order valence-corrected chi connectivity index (χ2v) is 10.5. The second kappa shape index (κ2) is 13.4. The Morgan fingerprint density at radius 1 is 1.03 bits per heavy atom. The van der Waals surface area contributed by atoms with Crippen molar-refractivity contribution < 1.29 is 23.6 Å². The zero-order valence-corrected chi connectivity index (χ0v) is 22.5. The summed E-state index contributed by atoms with van der Waals surface area (Å²) in [5.74, 6) is -1.45. The molecule has 0 unspecified atom stereocenters. The largest absolute Gasteiger partial charge is 0.446 e. The van der Waals surface area contributed by atoms with E-state index >= 15 is 0 Å². The number of oxazole rings is 1. The molecule has 1 saturated heterocycles. The van der Waals surface area contributed by atoms with Crippen LogP contribution < -0.4 is 26.6 Å². The number of hydrogen-bond acceptors (Lipinski definition) is 7. The molecule has 11 nitrogen and oxygen atoms in total. The van der Waals surface area contributed by atoms with Crippen molar-refractivity contribution in [3.8, 4) is 0 Å². The number of carbonyl (C=O) groups is 4. The van der Waals surface area contributed by atoms with Crippen LogP contribution in [0.3, 0.4) is 0 Å². The fourth-order valence-electron chi connectivity index (χ4n) is 4.87. The molecule has 0 spiro atoms. The maximum absolute atomic E-state index is 13.5. The Bertz CT molecular complexity index is 1140. The third-order valence-corrected chi connectivity index (χ3v) is 7.11. The highest BCUT2D eigenvalue weighted by atomic mass is 16.3. The van der Waals surface area contributed by atoms with E-state index in [9.17, 15) is 19.2 Å². The lowest BCUT2D eigenvalue weighted by Crippen LogP contribution is -2.57. The van der Waals surface area contributed by atoms with Crippen molar-refractivity contribution in [2.75, 3.05) is 13.1 Å². The van der Waals surface area contributed by atoms with E-state index in [1.165, 1.54) is 6.26 Å². The molecule has 39 heavy (non-hydrogen) atoms. The minimum Gasteiger partial charge on any atom is -0.446 e. The smallest absolute Gasteiger partial charge is 0.273 e. The first-order valence-corrected chi connectivity index (χ1v) is 13.7. The summed E-state index contributed by atoms with van der Waals surface area (Å²) < 4.78 is 5.64. The van der Waals surface area contributed by atoms with Gasteiger partial charge in [0.15, 0.2) is 5.69 Å². The molecule has 0 saturated carbocycles. The number of hydrogen-bond donors (Lipinski definition) is 5. The molecular formula is C28H38N6O5. The fourth-order valence-corrected chi connectivity index (χ4v) is 4.87. The van der Waals surface area contributed by atoms with Crippen molar-refractivity contribution in [1.82, 2.24) is 31.6 Å². The van der Waals surface area contributed by atoms with E-state index in [1.54, 1.807) is 0 Å². The van der Waals surface area contributed by atoms with E-state index in [0.29, 0.717) is 38.6 Å². The SMILES string of the molecule is CC(C)[C@@H]1NC(=O)[C@@H](NC(=O)[C@@H]2CCCN2)CCCCNC(=O)c2coc(n2)[C@@H](Cc2ccccc2)NC1=O. The number of fused-ring (bicyclic) bond motifs is 2. The summed E-state index contributed by atoms with van der Waals surface area (Å²) in [5.41, 5.74) is 1.07. The molecule has 2 bridgehead atoms. The highest BCUT2D eigenvalue weighted by molar-refractivity contribution is 5.93. The first-order valence-electron chi connectivity index (χ1n) is 13.7. The van der Waals surface area contributed by atoms with Crippen LogP contribution in [0.4, 0.5) is 0 Å². The van der Waals surface area contributed by atoms with Gasteiger partial charge in [0.25, 0.3) is 5.91 Å². The number of aromatic nitrogens is 1. The zero-order chi connectivity index (χ0) is 27.8. The van der Waals surface area contributed by atoms with Crippen molar-refractivity contribution in [2.45, 2.75) is 76.5 Å². The molecule has 11 heteroatoms. The molecule has 1 fully saturated rings. The molecule has 4 amide bonds. The van der Waals surface area contributed by atoms with E-state index in [4.69, 9.17) is 4.42 Å². The standard InChI is InChI=1S/C28H38N6O5/c1-17(2)23-27(38)32-21(15-18-9-4-3-5-10-18)28-33-22(16-39-28)24(35)30-13-7-6-11-20(26(37)34-23)31-25(36)19-12-8-14-29-19/h3-5,9-10,16-17,19-21,23,29H,6-8,11-15H2,1-2H3,(H,30,35)(H,31,36)(H,32,38)(H,34,37)/t19-,20-,21+,23-/m0/s1. The molecule has 1 aromatic heterocycles. The van der Waals surface area contributed by atoms with Crippen LogP contribution in [0.2, 0.25) is 0 Å². The van der Waals surface area contributed by atoms with E-state index in [-0.39, 0.29) is 35.4 Å². The van der Waals surface area contributed by atoms with Crippen LogP contribution in [-0.4, -0.2) is 59.8 Å². The zero-order valence-electron chi connectivity index (χ0n) is 22.5. The summed E-state index contributed by atoms with van der Waals surface area (Å²) in [6, 6.07) is 6.89. The van der Waals surface area contributed by atoms with Gasteiger partial charge < -0.3 is 31.0 Å². The summed E-state index contributed by atoms with van der Waals surface area (Å²) in [5, 5.41) is 14.7. The summed E-state index contributed by atoms with van der Waals surface area (Å²) in [6.45, 7) is 4.84. The lowest BCUT2D eigenvalue weighted by atomic mass is 10.00. The number of carbonyl (C=O) groups excluding carboxylic acids is 4. The van der Waals surface area contributed by atoms with Gasteiger partial charge in [-0.25, -0.2) is 4.98 Å². The van der Waals surface area contributed by atoms with E-state index < -0.39 is 29.9 Å². The molecule has 210 valence electrons. The van der Waals surface area contributed by atoms with Gasteiger partial charge in [-0.1, -0.05) is 44.2 Å². The summed E-state index contributed by atoms with van der Waals surface area (Å²) in [7, 11) is 0. The van der Waals surface area contributed by atoms with Crippen LogP contribution >= 0.6 is 0 Å².